The lowest BCUT2D eigenvalue weighted by molar-refractivity contribution is 0.0198. The van der Waals surface area contributed by atoms with Gasteiger partial charge < -0.3 is 4.74 Å². The highest BCUT2D eigenvalue weighted by atomic mass is 32.1. The Labute approximate surface area is 143 Å². The van der Waals surface area contributed by atoms with Gasteiger partial charge in [-0.05, 0) is 48.6 Å². The van der Waals surface area contributed by atoms with Crippen molar-refractivity contribution >= 4 is 11.3 Å². The normalized spacial score (nSPS) is 25.0. The van der Waals surface area contributed by atoms with Gasteiger partial charge in [0, 0.05) is 30.6 Å². The van der Waals surface area contributed by atoms with E-state index in [4.69, 9.17) is 4.74 Å². The summed E-state index contributed by atoms with van der Waals surface area (Å²) in [5.74, 6) is 0.846. The van der Waals surface area contributed by atoms with E-state index in [9.17, 15) is 0 Å². The zero-order valence-electron chi connectivity index (χ0n) is 13.6. The number of likely N-dealkylation sites (tertiary alicyclic amines) is 1. The summed E-state index contributed by atoms with van der Waals surface area (Å²) in [6.45, 7) is 3.20. The third-order valence-electron chi connectivity index (χ3n) is 5.07. The fourth-order valence-corrected chi connectivity index (χ4v) is 4.27. The Bertz CT molecular complexity index is 593. The molecule has 1 aromatic heterocycles. The summed E-state index contributed by atoms with van der Waals surface area (Å²) >= 11 is 1.87. The Morgan fingerprint density at radius 3 is 2.65 bits per heavy atom. The lowest BCUT2D eigenvalue weighted by atomic mass is 10.0. The van der Waals surface area contributed by atoms with Crippen LogP contribution < -0.4 is 0 Å². The molecule has 2 aromatic rings. The lowest BCUT2D eigenvalue weighted by Crippen LogP contribution is -2.38. The topological polar surface area (TPSA) is 12.5 Å². The minimum Gasteiger partial charge on any atom is -0.376 e. The fourth-order valence-electron chi connectivity index (χ4n) is 3.54. The molecule has 1 aliphatic carbocycles. The van der Waals surface area contributed by atoms with Gasteiger partial charge >= 0.3 is 0 Å². The molecular weight excluding hydrogens is 302 g/mol. The maximum Gasteiger partial charge on any atom is 0.0745 e. The van der Waals surface area contributed by atoms with E-state index < -0.39 is 0 Å². The lowest BCUT2D eigenvalue weighted by Gasteiger charge is -2.28. The van der Waals surface area contributed by atoms with Crippen molar-refractivity contribution in [3.05, 3.63) is 58.3 Å². The molecule has 0 N–H and O–H groups in total. The van der Waals surface area contributed by atoms with Crippen LogP contribution in [-0.2, 0) is 17.7 Å². The number of benzene rings is 1. The Balaban J connectivity index is 1.45. The first kappa shape index (κ1) is 15.4. The summed E-state index contributed by atoms with van der Waals surface area (Å²) < 4.78 is 6.32. The molecule has 122 valence electrons. The molecule has 2 heterocycles. The quantitative estimate of drug-likeness (QED) is 0.749. The van der Waals surface area contributed by atoms with Crippen LogP contribution in [0.4, 0.5) is 0 Å². The fraction of sp³-hybridized carbons (Fsp3) is 0.500. The third-order valence-corrected chi connectivity index (χ3v) is 5.93. The van der Waals surface area contributed by atoms with E-state index in [1.165, 1.54) is 29.7 Å². The largest absolute Gasteiger partial charge is 0.376 e. The highest BCUT2D eigenvalue weighted by Crippen LogP contribution is 2.32. The molecule has 0 amide bonds. The first-order valence-electron chi connectivity index (χ1n) is 8.80. The van der Waals surface area contributed by atoms with Crippen LogP contribution in [0.1, 0.15) is 29.7 Å². The van der Waals surface area contributed by atoms with Crippen LogP contribution in [0.15, 0.2) is 47.8 Å². The highest BCUT2D eigenvalue weighted by Gasteiger charge is 2.36. The SMILES string of the molecule is c1ccc(C[C@H]2[C@H](OCC3CC3)CCN2Cc2cccs2)cc1. The Morgan fingerprint density at radius 1 is 1.04 bits per heavy atom. The molecule has 2 atom stereocenters. The monoisotopic (exact) mass is 327 g/mol. The second-order valence-electron chi connectivity index (χ2n) is 6.91. The Hall–Kier alpha value is -1.16. The van der Waals surface area contributed by atoms with Crippen LogP contribution in [0.3, 0.4) is 0 Å². The van der Waals surface area contributed by atoms with Gasteiger partial charge in [0.1, 0.15) is 0 Å². The van der Waals surface area contributed by atoms with Gasteiger partial charge in [-0.15, -0.1) is 11.3 Å². The maximum absolute atomic E-state index is 6.32. The second kappa shape index (κ2) is 7.16. The van der Waals surface area contributed by atoms with Gasteiger partial charge in [0.25, 0.3) is 0 Å². The molecule has 2 fully saturated rings. The van der Waals surface area contributed by atoms with Crippen LogP contribution in [0.5, 0.6) is 0 Å². The summed E-state index contributed by atoms with van der Waals surface area (Å²) in [7, 11) is 0. The van der Waals surface area contributed by atoms with E-state index in [0.29, 0.717) is 12.1 Å². The predicted molar refractivity (Wildman–Crippen MR) is 95.7 cm³/mol. The number of thiophene rings is 1. The van der Waals surface area contributed by atoms with Gasteiger partial charge in [0.05, 0.1) is 6.10 Å². The number of ether oxygens (including phenoxy) is 1. The summed E-state index contributed by atoms with van der Waals surface area (Å²) in [5, 5.41) is 2.18. The molecule has 0 unspecified atom stereocenters. The van der Waals surface area contributed by atoms with Crippen molar-refractivity contribution in [1.29, 1.82) is 0 Å². The van der Waals surface area contributed by atoms with Gasteiger partial charge in [-0.3, -0.25) is 4.90 Å². The molecule has 2 nitrogen and oxygen atoms in total. The van der Waals surface area contributed by atoms with Crippen molar-refractivity contribution in [3.8, 4) is 0 Å². The molecule has 1 aromatic carbocycles. The molecule has 1 aliphatic heterocycles. The minimum absolute atomic E-state index is 0.399. The van der Waals surface area contributed by atoms with Crippen LogP contribution >= 0.6 is 11.3 Å². The second-order valence-corrected chi connectivity index (χ2v) is 7.94. The van der Waals surface area contributed by atoms with E-state index in [2.05, 4.69) is 52.7 Å². The third kappa shape index (κ3) is 4.03. The zero-order chi connectivity index (χ0) is 15.5. The van der Waals surface area contributed by atoms with Crippen molar-refractivity contribution in [1.82, 2.24) is 4.90 Å². The molecule has 3 heteroatoms. The molecule has 0 spiro atoms. The molecule has 23 heavy (non-hydrogen) atoms. The molecule has 2 aliphatic rings. The first-order chi connectivity index (χ1) is 11.4. The number of nitrogens with zero attached hydrogens (tertiary/aromatic N) is 1. The van der Waals surface area contributed by atoms with Crippen LogP contribution in [0.2, 0.25) is 0 Å². The predicted octanol–water partition coefficient (Wildman–Crippen LogP) is 4.36. The van der Waals surface area contributed by atoms with E-state index in [1.807, 2.05) is 11.3 Å². The van der Waals surface area contributed by atoms with Gasteiger partial charge in [-0.2, -0.15) is 0 Å². The van der Waals surface area contributed by atoms with Crippen molar-refractivity contribution in [2.24, 2.45) is 5.92 Å². The zero-order valence-corrected chi connectivity index (χ0v) is 14.4. The van der Waals surface area contributed by atoms with Gasteiger partial charge in [-0.25, -0.2) is 0 Å². The average Bonchev–Trinajstić information content (AvgIpc) is 3.13. The summed E-state index contributed by atoms with van der Waals surface area (Å²) in [5.41, 5.74) is 1.43. The van der Waals surface area contributed by atoms with Crippen LogP contribution in [0.25, 0.3) is 0 Å². The van der Waals surface area contributed by atoms with Crippen LogP contribution in [0, 0.1) is 5.92 Å². The first-order valence-corrected chi connectivity index (χ1v) is 9.68. The molecule has 1 saturated heterocycles. The Morgan fingerprint density at radius 2 is 1.91 bits per heavy atom. The summed E-state index contributed by atoms with van der Waals surface area (Å²) in [6, 6.07) is 15.8. The van der Waals surface area contributed by atoms with Crippen molar-refractivity contribution in [2.45, 2.75) is 44.4 Å². The Kier molecular flexibility index (Phi) is 4.79. The molecule has 1 saturated carbocycles. The average molecular weight is 327 g/mol. The van der Waals surface area contributed by atoms with E-state index in [-0.39, 0.29) is 0 Å². The van der Waals surface area contributed by atoms with Gasteiger partial charge in [0.2, 0.25) is 0 Å². The minimum atomic E-state index is 0.399. The number of hydrogen-bond acceptors (Lipinski definition) is 3. The highest BCUT2D eigenvalue weighted by molar-refractivity contribution is 7.09. The smallest absolute Gasteiger partial charge is 0.0745 e. The standard InChI is InChI=1S/C20H25NOS/c1-2-5-16(6-3-1)13-19-20(22-15-17-8-9-17)10-11-21(19)14-18-7-4-12-23-18/h1-7,12,17,19-20H,8-11,13-15H2/t19-,20+/m0/s1. The van der Waals surface area contributed by atoms with Crippen molar-refractivity contribution in [3.63, 3.8) is 0 Å². The van der Waals surface area contributed by atoms with E-state index >= 15 is 0 Å². The van der Waals surface area contributed by atoms with E-state index in [0.717, 1.165) is 32.0 Å². The summed E-state index contributed by atoms with van der Waals surface area (Å²) in [6.07, 6.45) is 5.41. The van der Waals surface area contributed by atoms with Gasteiger partial charge in [0.15, 0.2) is 0 Å². The van der Waals surface area contributed by atoms with Crippen molar-refractivity contribution < 1.29 is 4.74 Å². The van der Waals surface area contributed by atoms with Gasteiger partial charge in [-0.1, -0.05) is 36.4 Å². The molecule has 0 bridgehead atoms. The maximum atomic E-state index is 6.32. The number of rotatable bonds is 7. The molecule has 4 rings (SSSR count). The van der Waals surface area contributed by atoms with E-state index in [1.54, 1.807) is 0 Å². The summed E-state index contributed by atoms with van der Waals surface area (Å²) in [4.78, 5) is 4.10. The van der Waals surface area contributed by atoms with Crippen LogP contribution in [-0.4, -0.2) is 30.2 Å². The molecular formula is C20H25NOS. The van der Waals surface area contributed by atoms with Crippen molar-refractivity contribution in [2.75, 3.05) is 13.2 Å². The molecule has 0 radical (unpaired) electrons. The number of hydrogen-bond donors (Lipinski definition) is 0.